The van der Waals surface area contributed by atoms with E-state index in [1.807, 2.05) is 30.3 Å². The Balaban J connectivity index is 0.00000171. The predicted octanol–water partition coefficient (Wildman–Crippen LogP) is 3.55. The number of nitrogens with one attached hydrogen (secondary N) is 1. The second-order valence-electron chi connectivity index (χ2n) is 9.61. The Morgan fingerprint density at radius 2 is 1.68 bits per heavy atom. The summed E-state index contributed by atoms with van der Waals surface area (Å²) < 4.78 is 0. The van der Waals surface area contributed by atoms with E-state index in [2.05, 4.69) is 10.2 Å². The van der Waals surface area contributed by atoms with Gasteiger partial charge in [-0.3, -0.25) is 4.79 Å². The van der Waals surface area contributed by atoms with E-state index in [-0.39, 0.29) is 36.6 Å². The van der Waals surface area contributed by atoms with E-state index in [0.717, 1.165) is 50.9 Å². The molecular formula is C24H39Cl2N3O2. The molecule has 2 bridgehead atoms. The fraction of sp³-hybridized carbons (Fsp3) is 0.708. The Kier molecular flexibility index (Phi) is 10.6. The van der Waals surface area contributed by atoms with Crippen LogP contribution < -0.4 is 11.1 Å². The third kappa shape index (κ3) is 6.82. The van der Waals surface area contributed by atoms with Crippen molar-refractivity contribution in [2.75, 3.05) is 26.2 Å². The van der Waals surface area contributed by atoms with Crippen LogP contribution in [0.3, 0.4) is 0 Å². The van der Waals surface area contributed by atoms with Gasteiger partial charge in [-0.05, 0) is 74.9 Å². The molecule has 1 aromatic carbocycles. The number of nitrogens with zero attached hydrogens (tertiary/aromatic N) is 1. The first-order valence-corrected chi connectivity index (χ1v) is 11.6. The molecular weight excluding hydrogens is 433 g/mol. The Hall–Kier alpha value is -0.850. The lowest BCUT2D eigenvalue weighted by Gasteiger charge is -2.43. The van der Waals surface area contributed by atoms with E-state index < -0.39 is 6.10 Å². The van der Waals surface area contributed by atoms with Gasteiger partial charge in [-0.1, -0.05) is 36.8 Å². The molecule has 4 rings (SSSR count). The first kappa shape index (κ1) is 26.4. The molecule has 31 heavy (non-hydrogen) atoms. The second-order valence-corrected chi connectivity index (χ2v) is 9.61. The molecule has 5 nitrogen and oxygen atoms in total. The van der Waals surface area contributed by atoms with E-state index in [1.165, 1.54) is 19.3 Å². The van der Waals surface area contributed by atoms with E-state index in [0.29, 0.717) is 30.3 Å². The van der Waals surface area contributed by atoms with Gasteiger partial charge in [0.15, 0.2) is 0 Å². The second kappa shape index (κ2) is 12.4. The van der Waals surface area contributed by atoms with Gasteiger partial charge in [0, 0.05) is 25.0 Å². The number of aliphatic hydroxyl groups is 1. The zero-order valence-corrected chi connectivity index (χ0v) is 20.0. The lowest BCUT2D eigenvalue weighted by Crippen LogP contribution is -2.49. The number of hydrogen-bond donors (Lipinski definition) is 3. The molecule has 0 radical (unpaired) electrons. The molecule has 176 valence electrons. The summed E-state index contributed by atoms with van der Waals surface area (Å²) in [5.74, 6) is 2.09. The number of carbonyl (C=O) groups is 1. The van der Waals surface area contributed by atoms with Crippen molar-refractivity contribution in [1.29, 1.82) is 0 Å². The molecule has 0 aromatic heterocycles. The van der Waals surface area contributed by atoms with Crippen molar-refractivity contribution < 1.29 is 9.90 Å². The van der Waals surface area contributed by atoms with Crippen molar-refractivity contribution in [2.24, 2.45) is 29.4 Å². The summed E-state index contributed by atoms with van der Waals surface area (Å²) in [4.78, 5) is 15.1. The average Bonchev–Trinajstić information content (AvgIpc) is 2.73. The zero-order chi connectivity index (χ0) is 20.2. The Bertz CT molecular complexity index is 656. The van der Waals surface area contributed by atoms with Crippen LogP contribution in [0.1, 0.15) is 56.6 Å². The first-order chi connectivity index (χ1) is 14.1. The maximum absolute atomic E-state index is 12.7. The highest BCUT2D eigenvalue weighted by Gasteiger charge is 2.40. The maximum atomic E-state index is 12.7. The smallest absolute Gasteiger partial charge is 0.223 e. The van der Waals surface area contributed by atoms with E-state index >= 15 is 0 Å². The summed E-state index contributed by atoms with van der Waals surface area (Å²) >= 11 is 0. The molecule has 4 N–H and O–H groups in total. The Labute approximate surface area is 199 Å². The molecule has 1 amide bonds. The third-order valence-corrected chi connectivity index (χ3v) is 7.67. The SMILES string of the molecule is Cl.Cl.NC1C2CCCC1CC(C(=O)NCC1CCN(CC(O)c3ccccc3)CC1)C2. The van der Waals surface area contributed by atoms with Gasteiger partial charge in [-0.25, -0.2) is 0 Å². The molecule has 1 aromatic rings. The van der Waals surface area contributed by atoms with Crippen molar-refractivity contribution in [3.63, 3.8) is 0 Å². The highest BCUT2D eigenvalue weighted by Crippen LogP contribution is 2.41. The maximum Gasteiger partial charge on any atom is 0.223 e. The number of benzene rings is 1. The van der Waals surface area contributed by atoms with Crippen LogP contribution in [0.15, 0.2) is 30.3 Å². The minimum atomic E-state index is -0.426. The van der Waals surface area contributed by atoms with Gasteiger partial charge >= 0.3 is 0 Å². The minimum absolute atomic E-state index is 0. The molecule has 3 atom stereocenters. The molecule has 2 aliphatic carbocycles. The summed E-state index contributed by atoms with van der Waals surface area (Å²) in [5, 5.41) is 13.7. The molecule has 3 aliphatic rings. The van der Waals surface area contributed by atoms with Gasteiger partial charge in [-0.2, -0.15) is 0 Å². The number of amides is 1. The fourth-order valence-corrected chi connectivity index (χ4v) is 5.79. The molecule has 3 unspecified atom stereocenters. The number of β-amino-alcohol motifs (C(OH)–C–C–N with tert-alkyl or cyclic N) is 1. The van der Waals surface area contributed by atoms with Crippen LogP contribution >= 0.6 is 24.8 Å². The van der Waals surface area contributed by atoms with Gasteiger partial charge < -0.3 is 21.1 Å². The van der Waals surface area contributed by atoms with Crippen LogP contribution in [0.4, 0.5) is 0 Å². The summed E-state index contributed by atoms with van der Waals surface area (Å²) in [6.45, 7) is 3.47. The topological polar surface area (TPSA) is 78.6 Å². The molecule has 0 spiro atoms. The molecule has 1 aliphatic heterocycles. The number of nitrogens with two attached hydrogens (primary N) is 1. The number of piperidine rings is 1. The average molecular weight is 473 g/mol. The van der Waals surface area contributed by atoms with Crippen molar-refractivity contribution in [3.8, 4) is 0 Å². The van der Waals surface area contributed by atoms with Crippen LogP contribution in [0.5, 0.6) is 0 Å². The van der Waals surface area contributed by atoms with Crippen LogP contribution in [0.2, 0.25) is 0 Å². The zero-order valence-electron chi connectivity index (χ0n) is 18.3. The standard InChI is InChI=1S/C24H37N3O2.2ClH/c25-23-19-7-4-8-20(23)14-21(13-19)24(29)26-15-17-9-11-27(12-10-17)16-22(28)18-5-2-1-3-6-18;;/h1-3,5-6,17,19-23,28H,4,7-16,25H2,(H,26,29);2*1H. The van der Waals surface area contributed by atoms with Crippen molar-refractivity contribution in [3.05, 3.63) is 35.9 Å². The van der Waals surface area contributed by atoms with Crippen LogP contribution in [-0.4, -0.2) is 48.1 Å². The summed E-state index contributed by atoms with van der Waals surface area (Å²) in [6.07, 6.45) is 7.41. The molecule has 7 heteroatoms. The lowest BCUT2D eigenvalue weighted by molar-refractivity contribution is -0.128. The number of rotatable bonds is 6. The van der Waals surface area contributed by atoms with Gasteiger partial charge in [0.25, 0.3) is 0 Å². The van der Waals surface area contributed by atoms with Gasteiger partial charge in [0.2, 0.25) is 5.91 Å². The van der Waals surface area contributed by atoms with Crippen molar-refractivity contribution in [1.82, 2.24) is 10.2 Å². The predicted molar refractivity (Wildman–Crippen MR) is 130 cm³/mol. The molecule has 3 fully saturated rings. The van der Waals surface area contributed by atoms with Crippen LogP contribution in [0, 0.1) is 23.7 Å². The van der Waals surface area contributed by atoms with Crippen molar-refractivity contribution >= 4 is 30.7 Å². The lowest BCUT2D eigenvalue weighted by atomic mass is 9.65. The number of likely N-dealkylation sites (tertiary alicyclic amines) is 1. The minimum Gasteiger partial charge on any atom is -0.387 e. The molecule has 2 saturated carbocycles. The van der Waals surface area contributed by atoms with E-state index in [4.69, 9.17) is 5.73 Å². The van der Waals surface area contributed by atoms with E-state index in [9.17, 15) is 9.90 Å². The summed E-state index contributed by atoms with van der Waals surface area (Å²) in [5.41, 5.74) is 7.35. The van der Waals surface area contributed by atoms with E-state index in [1.54, 1.807) is 0 Å². The Morgan fingerprint density at radius 3 is 2.29 bits per heavy atom. The van der Waals surface area contributed by atoms with Crippen LogP contribution in [-0.2, 0) is 4.79 Å². The molecule has 1 saturated heterocycles. The number of halogens is 2. The Morgan fingerprint density at radius 1 is 1.06 bits per heavy atom. The first-order valence-electron chi connectivity index (χ1n) is 11.6. The quantitative estimate of drug-likeness (QED) is 0.592. The van der Waals surface area contributed by atoms with Gasteiger partial charge in [0.1, 0.15) is 0 Å². The summed E-state index contributed by atoms with van der Waals surface area (Å²) in [7, 11) is 0. The monoisotopic (exact) mass is 471 g/mol. The number of carbonyl (C=O) groups excluding carboxylic acids is 1. The van der Waals surface area contributed by atoms with Crippen LogP contribution in [0.25, 0.3) is 0 Å². The number of fused-ring (bicyclic) bond motifs is 2. The highest BCUT2D eigenvalue weighted by atomic mass is 35.5. The third-order valence-electron chi connectivity index (χ3n) is 7.67. The fourth-order valence-electron chi connectivity index (χ4n) is 5.79. The number of hydrogen-bond acceptors (Lipinski definition) is 4. The van der Waals surface area contributed by atoms with Crippen molar-refractivity contribution in [2.45, 2.75) is 57.1 Å². The highest BCUT2D eigenvalue weighted by molar-refractivity contribution is 5.85. The number of aliphatic hydroxyl groups excluding tert-OH is 1. The van der Waals surface area contributed by atoms with Gasteiger partial charge in [0.05, 0.1) is 6.10 Å². The van der Waals surface area contributed by atoms with Gasteiger partial charge in [-0.15, -0.1) is 24.8 Å². The molecule has 1 heterocycles. The normalized spacial score (nSPS) is 29.9. The summed E-state index contributed by atoms with van der Waals surface area (Å²) in [6, 6.07) is 10.2. The largest absolute Gasteiger partial charge is 0.387 e.